The monoisotopic (exact) mass is 290 g/mol. The maximum Gasteiger partial charge on any atom is 0.177 e. The van der Waals surface area contributed by atoms with Crippen molar-refractivity contribution in [3.8, 4) is 0 Å². The Kier molecular flexibility index (Phi) is 3.31. The molecule has 2 aromatic heterocycles. The van der Waals surface area contributed by atoms with Crippen LogP contribution in [0, 0.1) is 13.8 Å². The zero-order chi connectivity index (χ0) is 14.1. The SMILES string of the molecule is Cc1cc(C)c(CN=C2NC(Cl)Nc3nc[nH]c32)cn1. The Balaban J connectivity index is 1.86. The number of halogens is 1. The van der Waals surface area contributed by atoms with Gasteiger partial charge in [0.2, 0.25) is 0 Å². The van der Waals surface area contributed by atoms with E-state index in [1.54, 1.807) is 6.33 Å². The fraction of sp³-hybridized carbons (Fsp3) is 0.308. The zero-order valence-electron chi connectivity index (χ0n) is 11.2. The number of alkyl halides is 1. The highest BCUT2D eigenvalue weighted by Crippen LogP contribution is 2.18. The van der Waals surface area contributed by atoms with E-state index in [1.165, 1.54) is 5.56 Å². The topological polar surface area (TPSA) is 78.0 Å². The molecule has 6 nitrogen and oxygen atoms in total. The van der Waals surface area contributed by atoms with Crippen molar-refractivity contribution in [2.45, 2.75) is 26.0 Å². The number of amidine groups is 1. The van der Waals surface area contributed by atoms with Crippen LogP contribution in [-0.4, -0.2) is 26.4 Å². The average Bonchev–Trinajstić information content (AvgIpc) is 2.85. The highest BCUT2D eigenvalue weighted by atomic mass is 35.5. The van der Waals surface area contributed by atoms with Gasteiger partial charge in [0, 0.05) is 11.9 Å². The van der Waals surface area contributed by atoms with Crippen molar-refractivity contribution in [1.29, 1.82) is 0 Å². The summed E-state index contributed by atoms with van der Waals surface area (Å²) < 4.78 is 0. The molecule has 0 aromatic carbocycles. The molecule has 0 bridgehead atoms. The van der Waals surface area contributed by atoms with E-state index in [2.05, 4.69) is 43.6 Å². The third-order valence-corrected chi connectivity index (χ3v) is 3.38. The summed E-state index contributed by atoms with van der Waals surface area (Å²) in [6.45, 7) is 4.58. The summed E-state index contributed by atoms with van der Waals surface area (Å²) in [5, 5.41) is 6.08. The molecule has 3 N–H and O–H groups in total. The van der Waals surface area contributed by atoms with E-state index < -0.39 is 5.62 Å². The molecule has 1 aliphatic rings. The minimum Gasteiger partial charge on any atom is -0.340 e. The lowest BCUT2D eigenvalue weighted by atomic mass is 10.1. The summed E-state index contributed by atoms with van der Waals surface area (Å²) in [4.78, 5) is 16.1. The Hall–Kier alpha value is -2.08. The fourth-order valence-electron chi connectivity index (χ4n) is 2.11. The van der Waals surface area contributed by atoms with Crippen LogP contribution < -0.4 is 10.6 Å². The number of rotatable bonds is 2. The maximum atomic E-state index is 6.06. The van der Waals surface area contributed by atoms with Gasteiger partial charge in [0.25, 0.3) is 0 Å². The van der Waals surface area contributed by atoms with Crippen LogP contribution in [0.3, 0.4) is 0 Å². The number of anilines is 1. The van der Waals surface area contributed by atoms with Crippen LogP contribution in [0.5, 0.6) is 0 Å². The van der Waals surface area contributed by atoms with Crippen molar-refractivity contribution in [3.05, 3.63) is 41.1 Å². The first-order valence-corrected chi connectivity index (χ1v) is 6.74. The Morgan fingerprint density at radius 3 is 2.95 bits per heavy atom. The molecule has 3 heterocycles. The lowest BCUT2D eigenvalue weighted by Gasteiger charge is -2.22. The number of hydrogen-bond acceptors (Lipinski definition) is 4. The van der Waals surface area contributed by atoms with Gasteiger partial charge in [0.1, 0.15) is 5.69 Å². The first-order chi connectivity index (χ1) is 9.63. The molecule has 1 atom stereocenters. The molecular formula is C13H15ClN6. The second-order valence-corrected chi connectivity index (χ2v) is 5.13. The van der Waals surface area contributed by atoms with Gasteiger partial charge in [0.15, 0.2) is 17.3 Å². The van der Waals surface area contributed by atoms with Crippen LogP contribution in [-0.2, 0) is 6.54 Å². The molecule has 7 heteroatoms. The normalized spacial score (nSPS) is 19.4. The van der Waals surface area contributed by atoms with E-state index in [0.29, 0.717) is 18.2 Å². The molecule has 0 amide bonds. The molecule has 20 heavy (non-hydrogen) atoms. The number of nitrogens with zero attached hydrogens (tertiary/aromatic N) is 3. The summed E-state index contributed by atoms with van der Waals surface area (Å²) in [5.41, 5.74) is 3.69. The van der Waals surface area contributed by atoms with Crippen molar-refractivity contribution in [2.24, 2.45) is 4.99 Å². The highest BCUT2D eigenvalue weighted by Gasteiger charge is 2.22. The lowest BCUT2D eigenvalue weighted by molar-refractivity contribution is 0.855. The number of aryl methyl sites for hydroxylation is 2. The number of H-pyrrole nitrogens is 1. The average molecular weight is 291 g/mol. The van der Waals surface area contributed by atoms with Gasteiger partial charge in [-0.25, -0.2) is 4.98 Å². The van der Waals surface area contributed by atoms with Gasteiger partial charge >= 0.3 is 0 Å². The van der Waals surface area contributed by atoms with Crippen molar-refractivity contribution < 1.29 is 0 Å². The molecule has 0 aliphatic carbocycles. The van der Waals surface area contributed by atoms with E-state index in [9.17, 15) is 0 Å². The van der Waals surface area contributed by atoms with Crippen LogP contribution in [0.1, 0.15) is 22.5 Å². The summed E-state index contributed by atoms with van der Waals surface area (Å²) >= 11 is 6.06. The molecule has 104 valence electrons. The van der Waals surface area contributed by atoms with E-state index in [1.807, 2.05) is 13.1 Å². The summed E-state index contributed by atoms with van der Waals surface area (Å²) in [5.74, 6) is 1.41. The first-order valence-electron chi connectivity index (χ1n) is 6.31. The lowest BCUT2D eigenvalue weighted by Crippen LogP contribution is -2.42. The molecule has 1 aliphatic heterocycles. The molecule has 3 rings (SSSR count). The summed E-state index contributed by atoms with van der Waals surface area (Å²) in [6.07, 6.45) is 3.48. The van der Waals surface area contributed by atoms with Gasteiger partial charge in [-0.3, -0.25) is 9.98 Å². The van der Waals surface area contributed by atoms with Crippen LogP contribution in [0.2, 0.25) is 0 Å². The molecule has 0 saturated heterocycles. The fourth-order valence-corrected chi connectivity index (χ4v) is 2.32. The number of imidazole rings is 1. The highest BCUT2D eigenvalue weighted by molar-refractivity contribution is 6.24. The van der Waals surface area contributed by atoms with Crippen LogP contribution in [0.25, 0.3) is 0 Å². The predicted molar refractivity (Wildman–Crippen MR) is 78.9 cm³/mol. The maximum absolute atomic E-state index is 6.06. The van der Waals surface area contributed by atoms with Crippen molar-refractivity contribution >= 4 is 23.3 Å². The van der Waals surface area contributed by atoms with Gasteiger partial charge in [-0.15, -0.1) is 0 Å². The molecule has 0 radical (unpaired) electrons. The van der Waals surface area contributed by atoms with Crippen LogP contribution in [0.15, 0.2) is 23.6 Å². The van der Waals surface area contributed by atoms with Crippen molar-refractivity contribution in [1.82, 2.24) is 20.3 Å². The third-order valence-electron chi connectivity index (χ3n) is 3.17. The first kappa shape index (κ1) is 12.9. The summed E-state index contributed by atoms with van der Waals surface area (Å²) in [7, 11) is 0. The predicted octanol–water partition coefficient (Wildman–Crippen LogP) is 1.91. The number of hydrogen-bond donors (Lipinski definition) is 3. The Bertz CT molecular complexity index is 663. The van der Waals surface area contributed by atoms with Gasteiger partial charge in [-0.05, 0) is 31.0 Å². The second-order valence-electron chi connectivity index (χ2n) is 4.69. The molecule has 0 spiro atoms. The van der Waals surface area contributed by atoms with E-state index in [0.717, 1.165) is 17.0 Å². The number of aromatic nitrogens is 3. The van der Waals surface area contributed by atoms with Gasteiger partial charge in [-0.2, -0.15) is 0 Å². The van der Waals surface area contributed by atoms with Crippen molar-refractivity contribution in [3.63, 3.8) is 0 Å². The van der Waals surface area contributed by atoms with Gasteiger partial charge in [-0.1, -0.05) is 11.6 Å². The number of nitrogens with one attached hydrogen (secondary N) is 3. The number of fused-ring (bicyclic) bond motifs is 1. The Labute approximate surface area is 121 Å². The van der Waals surface area contributed by atoms with Crippen molar-refractivity contribution in [2.75, 3.05) is 5.32 Å². The standard InChI is InChI=1S/C13H15ClN6/c1-7-3-8(2)15-4-9(7)5-16-11-10-12(18-6-17-10)20-13(14)19-11/h3-4,6,13,20H,5H2,1-2H3,(H,16,19)(H,17,18). The summed E-state index contributed by atoms with van der Waals surface area (Å²) in [6, 6.07) is 2.05. The van der Waals surface area contributed by atoms with Gasteiger partial charge < -0.3 is 15.6 Å². The van der Waals surface area contributed by atoms with Crippen LogP contribution in [0.4, 0.5) is 5.82 Å². The molecule has 0 fully saturated rings. The van der Waals surface area contributed by atoms with E-state index >= 15 is 0 Å². The van der Waals surface area contributed by atoms with E-state index in [4.69, 9.17) is 11.6 Å². The molecule has 1 unspecified atom stereocenters. The second kappa shape index (κ2) is 5.13. The third kappa shape index (κ3) is 2.46. The minimum atomic E-state index is -0.415. The van der Waals surface area contributed by atoms with E-state index in [-0.39, 0.29) is 0 Å². The molecular weight excluding hydrogens is 276 g/mol. The quantitative estimate of drug-likeness (QED) is 0.583. The minimum absolute atomic E-state index is 0.415. The number of pyridine rings is 1. The van der Waals surface area contributed by atoms with Gasteiger partial charge in [0.05, 0.1) is 12.9 Å². The Morgan fingerprint density at radius 1 is 1.30 bits per heavy atom. The largest absolute Gasteiger partial charge is 0.340 e. The molecule has 2 aromatic rings. The van der Waals surface area contributed by atoms with Crippen LogP contribution >= 0.6 is 11.6 Å². The zero-order valence-corrected chi connectivity index (χ0v) is 12.0. The Morgan fingerprint density at radius 2 is 2.15 bits per heavy atom. The number of aliphatic imine (C=N–C) groups is 1. The smallest absolute Gasteiger partial charge is 0.177 e. The number of aromatic amines is 1. The molecule has 0 saturated carbocycles.